The molecule has 1 aliphatic rings. The van der Waals surface area contributed by atoms with Crippen LogP contribution < -0.4 is 10.6 Å². The molecule has 2 rings (SSSR count). The molecule has 1 heterocycles. The first-order chi connectivity index (χ1) is 9.79. The van der Waals surface area contributed by atoms with Crippen LogP contribution in [0.25, 0.3) is 0 Å². The van der Waals surface area contributed by atoms with E-state index in [1.807, 2.05) is 7.05 Å². The SMILES string of the molecule is CN1CCN(NS(=O)(=O)c2ccc(C(N)=S)c(Cl)c2)CC1. The van der Waals surface area contributed by atoms with Gasteiger partial charge < -0.3 is 10.6 Å². The predicted octanol–water partition coefficient (Wildman–Crippen LogP) is 0.415. The smallest absolute Gasteiger partial charge is 0.253 e. The summed E-state index contributed by atoms with van der Waals surface area (Å²) in [4.78, 5) is 4.93. The fraction of sp³-hybridized carbons (Fsp3) is 0.417. The number of nitrogens with two attached hydrogens (primary N) is 1. The summed E-state index contributed by atoms with van der Waals surface area (Å²) in [5.74, 6) is 0. The zero-order valence-corrected chi connectivity index (χ0v) is 13.9. The van der Waals surface area contributed by atoms with Crippen LogP contribution >= 0.6 is 23.8 Å². The molecule has 0 atom stereocenters. The molecule has 1 saturated heterocycles. The van der Waals surface area contributed by atoms with E-state index in [1.54, 1.807) is 5.01 Å². The highest BCUT2D eigenvalue weighted by Gasteiger charge is 2.22. The molecule has 0 aliphatic carbocycles. The maximum Gasteiger partial charge on any atom is 0.253 e. The Bertz CT molecular complexity index is 643. The second kappa shape index (κ2) is 6.55. The molecule has 3 N–H and O–H groups in total. The quantitative estimate of drug-likeness (QED) is 0.768. The van der Waals surface area contributed by atoms with Crippen LogP contribution in [0.3, 0.4) is 0 Å². The van der Waals surface area contributed by atoms with Gasteiger partial charge in [0, 0.05) is 31.7 Å². The van der Waals surface area contributed by atoms with E-state index in [0.717, 1.165) is 13.1 Å². The van der Waals surface area contributed by atoms with E-state index in [2.05, 4.69) is 9.73 Å². The molecule has 0 saturated carbocycles. The number of nitrogens with zero attached hydrogens (tertiary/aromatic N) is 2. The number of rotatable bonds is 4. The van der Waals surface area contributed by atoms with E-state index >= 15 is 0 Å². The molecule has 0 aromatic heterocycles. The minimum Gasteiger partial charge on any atom is -0.389 e. The number of hydrazine groups is 1. The van der Waals surface area contributed by atoms with Crippen molar-refractivity contribution in [3.8, 4) is 0 Å². The van der Waals surface area contributed by atoms with Gasteiger partial charge in [-0.2, -0.15) is 0 Å². The first kappa shape index (κ1) is 16.6. The van der Waals surface area contributed by atoms with Crippen molar-refractivity contribution in [3.05, 3.63) is 28.8 Å². The van der Waals surface area contributed by atoms with Gasteiger partial charge in [-0.1, -0.05) is 23.8 Å². The van der Waals surface area contributed by atoms with Gasteiger partial charge in [0.15, 0.2) is 0 Å². The normalized spacial score (nSPS) is 17.8. The summed E-state index contributed by atoms with van der Waals surface area (Å²) in [7, 11) is -1.65. The van der Waals surface area contributed by atoms with E-state index in [1.165, 1.54) is 18.2 Å². The van der Waals surface area contributed by atoms with Crippen LogP contribution in [-0.2, 0) is 10.0 Å². The van der Waals surface area contributed by atoms with Crippen molar-refractivity contribution in [3.63, 3.8) is 0 Å². The van der Waals surface area contributed by atoms with E-state index < -0.39 is 10.0 Å². The van der Waals surface area contributed by atoms with Crippen LogP contribution in [0.2, 0.25) is 5.02 Å². The van der Waals surface area contributed by atoms with E-state index in [0.29, 0.717) is 18.7 Å². The Hall–Kier alpha value is -0.770. The van der Waals surface area contributed by atoms with E-state index in [4.69, 9.17) is 29.6 Å². The van der Waals surface area contributed by atoms with Gasteiger partial charge in [0.05, 0.1) is 9.92 Å². The predicted molar refractivity (Wildman–Crippen MR) is 86.7 cm³/mol. The molecule has 0 amide bonds. The minimum atomic E-state index is -3.65. The molecule has 21 heavy (non-hydrogen) atoms. The Balaban J connectivity index is 2.16. The van der Waals surface area contributed by atoms with Gasteiger partial charge in [-0.3, -0.25) is 0 Å². The minimum absolute atomic E-state index is 0.0893. The lowest BCUT2D eigenvalue weighted by Gasteiger charge is -2.32. The third-order valence-electron chi connectivity index (χ3n) is 3.27. The number of piperazine rings is 1. The van der Waals surface area contributed by atoms with Gasteiger partial charge in [-0.25, -0.2) is 13.4 Å². The van der Waals surface area contributed by atoms with Gasteiger partial charge in [-0.05, 0) is 25.2 Å². The Morgan fingerprint density at radius 1 is 1.33 bits per heavy atom. The summed E-state index contributed by atoms with van der Waals surface area (Å²) in [6, 6.07) is 4.32. The Morgan fingerprint density at radius 2 is 1.95 bits per heavy atom. The first-order valence-corrected chi connectivity index (χ1v) is 8.62. The molecular formula is C12H17ClN4O2S2. The van der Waals surface area contributed by atoms with Crippen molar-refractivity contribution in [1.82, 2.24) is 14.7 Å². The lowest BCUT2D eigenvalue weighted by Crippen LogP contribution is -2.52. The van der Waals surface area contributed by atoms with Crippen molar-refractivity contribution in [2.24, 2.45) is 5.73 Å². The summed E-state index contributed by atoms with van der Waals surface area (Å²) in [6.45, 7) is 2.89. The highest BCUT2D eigenvalue weighted by molar-refractivity contribution is 7.89. The van der Waals surface area contributed by atoms with Crippen LogP contribution in [-0.4, -0.2) is 56.5 Å². The standard InChI is InChI=1S/C12H17ClN4O2S2/c1-16-4-6-17(7-5-16)15-21(18,19)9-2-3-10(12(14)20)11(13)8-9/h2-3,8,15H,4-7H2,1H3,(H2,14,20). The lowest BCUT2D eigenvalue weighted by molar-refractivity contribution is 0.135. The Morgan fingerprint density at radius 3 is 2.48 bits per heavy atom. The Labute approximate surface area is 134 Å². The molecule has 1 aromatic rings. The number of benzene rings is 1. The van der Waals surface area contributed by atoms with Gasteiger partial charge in [0.25, 0.3) is 10.0 Å². The molecule has 1 aliphatic heterocycles. The molecule has 116 valence electrons. The fourth-order valence-electron chi connectivity index (χ4n) is 1.98. The van der Waals surface area contributed by atoms with Crippen LogP contribution in [0.5, 0.6) is 0 Å². The van der Waals surface area contributed by atoms with E-state index in [9.17, 15) is 8.42 Å². The van der Waals surface area contributed by atoms with E-state index in [-0.39, 0.29) is 14.9 Å². The first-order valence-electron chi connectivity index (χ1n) is 6.35. The highest BCUT2D eigenvalue weighted by Crippen LogP contribution is 2.21. The van der Waals surface area contributed by atoms with Crippen LogP contribution in [0.1, 0.15) is 5.56 Å². The van der Waals surface area contributed by atoms with Crippen LogP contribution in [0.15, 0.2) is 23.1 Å². The topological polar surface area (TPSA) is 78.7 Å². The third-order valence-corrected chi connectivity index (χ3v) is 5.17. The molecule has 0 radical (unpaired) electrons. The molecule has 0 spiro atoms. The monoisotopic (exact) mass is 348 g/mol. The molecule has 0 bridgehead atoms. The summed E-state index contributed by atoms with van der Waals surface area (Å²) in [5, 5.41) is 1.91. The summed E-state index contributed by atoms with van der Waals surface area (Å²) < 4.78 is 24.7. The van der Waals surface area contributed by atoms with Gasteiger partial charge in [-0.15, -0.1) is 4.83 Å². The number of nitrogens with one attached hydrogen (secondary N) is 1. The Kier molecular flexibility index (Phi) is 5.18. The molecule has 6 nitrogen and oxygen atoms in total. The van der Waals surface area contributed by atoms with Crippen molar-refractivity contribution < 1.29 is 8.42 Å². The number of likely N-dealkylation sites (N-methyl/N-ethyl adjacent to an activating group) is 1. The van der Waals surface area contributed by atoms with Gasteiger partial charge in [0.2, 0.25) is 0 Å². The lowest BCUT2D eigenvalue weighted by atomic mass is 10.2. The number of hydrogen-bond acceptors (Lipinski definition) is 5. The van der Waals surface area contributed by atoms with Crippen molar-refractivity contribution in [1.29, 1.82) is 0 Å². The molecule has 1 fully saturated rings. The van der Waals surface area contributed by atoms with Crippen molar-refractivity contribution in [2.45, 2.75) is 4.90 Å². The molecule has 1 aromatic carbocycles. The second-order valence-electron chi connectivity index (χ2n) is 4.89. The summed E-state index contributed by atoms with van der Waals surface area (Å²) >= 11 is 10.9. The average Bonchev–Trinajstić information content (AvgIpc) is 2.40. The molecule has 0 unspecified atom stereocenters. The van der Waals surface area contributed by atoms with Gasteiger partial charge in [0.1, 0.15) is 4.99 Å². The summed E-state index contributed by atoms with van der Waals surface area (Å²) in [5.41, 5.74) is 5.97. The highest BCUT2D eigenvalue weighted by atomic mass is 35.5. The van der Waals surface area contributed by atoms with Crippen LogP contribution in [0, 0.1) is 0 Å². The largest absolute Gasteiger partial charge is 0.389 e. The average molecular weight is 349 g/mol. The number of hydrogen-bond donors (Lipinski definition) is 2. The zero-order valence-electron chi connectivity index (χ0n) is 11.5. The fourth-order valence-corrected chi connectivity index (χ4v) is 3.71. The zero-order chi connectivity index (χ0) is 15.6. The maximum absolute atomic E-state index is 12.3. The van der Waals surface area contributed by atoms with Crippen molar-refractivity contribution in [2.75, 3.05) is 33.2 Å². The maximum atomic E-state index is 12.3. The molecular weight excluding hydrogens is 332 g/mol. The van der Waals surface area contributed by atoms with Crippen molar-refractivity contribution >= 4 is 38.8 Å². The second-order valence-corrected chi connectivity index (χ2v) is 7.40. The molecule has 9 heteroatoms. The third kappa shape index (κ3) is 4.12. The number of halogens is 1. The number of thiocarbonyl (C=S) groups is 1. The number of sulfonamides is 1. The van der Waals surface area contributed by atoms with Crippen LogP contribution in [0.4, 0.5) is 0 Å². The van der Waals surface area contributed by atoms with Gasteiger partial charge >= 0.3 is 0 Å². The summed E-state index contributed by atoms with van der Waals surface area (Å²) in [6.07, 6.45) is 0.